The van der Waals surface area contributed by atoms with E-state index in [0.717, 1.165) is 64.5 Å². The van der Waals surface area contributed by atoms with Crippen molar-refractivity contribution >= 4 is 11.6 Å². The average molecular weight is 587 g/mol. The predicted octanol–water partition coefficient (Wildman–Crippen LogP) is 2.09. The lowest BCUT2D eigenvalue weighted by molar-refractivity contribution is -0.420. The van der Waals surface area contributed by atoms with Gasteiger partial charge in [0, 0.05) is 47.6 Å². The van der Waals surface area contributed by atoms with Gasteiger partial charge in [0.15, 0.2) is 34.7 Å². The topological polar surface area (TPSA) is 118 Å². The lowest BCUT2D eigenvalue weighted by atomic mass is 9.48. The standard InChI is InChI=1S/2C16H23NO4/c2*1-12-16(11(18)9-20-12)6-4-14-3-5-15(19,21-12)10-13(14,16)7-8-17(14)2/h2*19H,3-10H2,1-2H3/t2*12-,13+,14-,15+,16-/m00/s1. The van der Waals surface area contributed by atoms with E-state index in [0.29, 0.717) is 25.7 Å². The molecule has 10 aliphatic rings. The number of carbonyl (C=O) groups is 2. The second kappa shape index (κ2) is 7.35. The van der Waals surface area contributed by atoms with Crippen molar-refractivity contribution in [1.29, 1.82) is 0 Å². The highest BCUT2D eigenvalue weighted by Gasteiger charge is 2.87. The van der Waals surface area contributed by atoms with Crippen molar-refractivity contribution in [2.24, 2.45) is 21.7 Å². The Morgan fingerprint density at radius 1 is 0.595 bits per heavy atom. The largest absolute Gasteiger partial charge is 0.365 e. The lowest BCUT2D eigenvalue weighted by Gasteiger charge is -2.64. The maximum absolute atomic E-state index is 12.9. The fourth-order valence-corrected chi connectivity index (χ4v) is 14.2. The third-order valence-corrected chi connectivity index (χ3v) is 15.7. The number of likely N-dealkylation sites (tertiary alicyclic amines) is 2. The van der Waals surface area contributed by atoms with Gasteiger partial charge in [0.25, 0.3) is 0 Å². The van der Waals surface area contributed by atoms with Crippen LogP contribution in [0.2, 0.25) is 0 Å². The van der Waals surface area contributed by atoms with E-state index in [-0.39, 0.29) is 46.7 Å². The van der Waals surface area contributed by atoms with Crippen LogP contribution in [0.4, 0.5) is 0 Å². The van der Waals surface area contributed by atoms with Crippen LogP contribution in [0.3, 0.4) is 0 Å². The van der Waals surface area contributed by atoms with Gasteiger partial charge in [-0.15, -0.1) is 0 Å². The smallest absolute Gasteiger partial charge is 0.182 e. The summed E-state index contributed by atoms with van der Waals surface area (Å²) in [7, 11) is 4.37. The summed E-state index contributed by atoms with van der Waals surface area (Å²) in [6.45, 7) is 6.05. The molecule has 6 heterocycles. The maximum atomic E-state index is 12.9. The summed E-state index contributed by atoms with van der Waals surface area (Å²) in [5.74, 6) is -3.75. The van der Waals surface area contributed by atoms with Gasteiger partial charge in [-0.05, 0) is 92.4 Å². The first-order valence-electron chi connectivity index (χ1n) is 16.3. The second-order valence-corrected chi connectivity index (χ2v) is 16.1. The Morgan fingerprint density at radius 3 is 1.38 bits per heavy atom. The minimum atomic E-state index is -1.12. The van der Waals surface area contributed by atoms with Crippen molar-refractivity contribution in [2.75, 3.05) is 40.4 Å². The van der Waals surface area contributed by atoms with Crippen LogP contribution >= 0.6 is 0 Å². The molecule has 10 atom stereocenters. The molecular weight excluding hydrogens is 540 g/mol. The Labute approximate surface area is 247 Å². The molecule has 0 aromatic carbocycles. The van der Waals surface area contributed by atoms with Crippen molar-refractivity contribution in [3.63, 3.8) is 0 Å². The Hall–Kier alpha value is -0.980. The predicted molar refractivity (Wildman–Crippen MR) is 147 cm³/mol. The molecule has 10 heteroatoms. The maximum Gasteiger partial charge on any atom is 0.182 e. The number of ether oxygens (including phenoxy) is 4. The molecule has 0 aromatic rings. The molecule has 0 aromatic heterocycles. The number of ketones is 2. The Balaban J connectivity index is 0.000000119. The summed E-state index contributed by atoms with van der Waals surface area (Å²) in [5.41, 5.74) is -1.37. The SMILES string of the molecule is CN1CC[C@@]23C[C@@]4(O)CC[C@@]12CC[C@@]31C(=O)CO[C@@]1(C)O4.CN1CC[C@@]23C[C@@]4(O)CC[C@@]12CC[C@@]31C(=O)CO[C@@]1(C)O4. The Bertz CT molecular complexity index is 1230. The summed E-state index contributed by atoms with van der Waals surface area (Å²) < 4.78 is 23.9. The lowest BCUT2D eigenvalue weighted by Crippen LogP contribution is -2.72. The first-order chi connectivity index (χ1) is 19.7. The monoisotopic (exact) mass is 586 g/mol. The summed E-state index contributed by atoms with van der Waals surface area (Å²) in [4.78, 5) is 30.8. The van der Waals surface area contributed by atoms with E-state index in [9.17, 15) is 19.8 Å². The zero-order valence-corrected chi connectivity index (χ0v) is 25.6. The fourth-order valence-electron chi connectivity index (χ4n) is 14.2. The van der Waals surface area contributed by atoms with E-state index < -0.39 is 34.0 Å². The van der Waals surface area contributed by atoms with E-state index in [1.54, 1.807) is 0 Å². The molecule has 42 heavy (non-hydrogen) atoms. The quantitative estimate of drug-likeness (QED) is 0.437. The number of hydrogen-bond donors (Lipinski definition) is 2. The van der Waals surface area contributed by atoms with E-state index in [2.05, 4.69) is 23.9 Å². The van der Waals surface area contributed by atoms with Crippen molar-refractivity contribution in [1.82, 2.24) is 9.80 Å². The summed E-state index contributed by atoms with van der Waals surface area (Å²) in [6.07, 6.45) is 9.97. The van der Waals surface area contributed by atoms with Crippen LogP contribution in [0, 0.1) is 21.7 Å². The van der Waals surface area contributed by atoms with Gasteiger partial charge in [-0.25, -0.2) is 0 Å². The molecule has 0 radical (unpaired) electrons. The third-order valence-electron chi connectivity index (χ3n) is 15.7. The molecule has 4 bridgehead atoms. The van der Waals surface area contributed by atoms with Crippen LogP contribution in [-0.2, 0) is 28.5 Å². The van der Waals surface area contributed by atoms with Gasteiger partial charge >= 0.3 is 0 Å². The van der Waals surface area contributed by atoms with E-state index in [1.807, 2.05) is 13.8 Å². The van der Waals surface area contributed by atoms with Crippen LogP contribution < -0.4 is 0 Å². The van der Waals surface area contributed by atoms with Crippen molar-refractivity contribution in [3.05, 3.63) is 0 Å². The Morgan fingerprint density at radius 2 is 0.976 bits per heavy atom. The molecule has 232 valence electrons. The van der Waals surface area contributed by atoms with Crippen LogP contribution in [0.1, 0.15) is 90.9 Å². The van der Waals surface area contributed by atoms with Crippen molar-refractivity contribution in [2.45, 2.75) is 125 Å². The second-order valence-electron chi connectivity index (χ2n) is 16.1. The molecule has 6 aliphatic heterocycles. The van der Waals surface area contributed by atoms with Crippen LogP contribution in [-0.4, -0.2) is 106 Å². The van der Waals surface area contributed by atoms with Crippen LogP contribution in [0.25, 0.3) is 0 Å². The molecule has 2 N–H and O–H groups in total. The molecule has 10 nitrogen and oxygen atoms in total. The van der Waals surface area contributed by atoms with Crippen LogP contribution in [0.15, 0.2) is 0 Å². The number of carbonyl (C=O) groups excluding carboxylic acids is 2. The minimum absolute atomic E-state index is 0.0492. The van der Waals surface area contributed by atoms with Gasteiger partial charge < -0.3 is 39.0 Å². The van der Waals surface area contributed by atoms with E-state index in [4.69, 9.17) is 18.9 Å². The molecule has 10 fully saturated rings. The zero-order valence-electron chi connectivity index (χ0n) is 25.6. The normalized spacial score (nSPS) is 62.0. The zero-order chi connectivity index (χ0) is 29.5. The molecule has 4 spiro atoms. The highest BCUT2D eigenvalue weighted by Crippen LogP contribution is 2.80. The van der Waals surface area contributed by atoms with Crippen molar-refractivity contribution in [3.8, 4) is 0 Å². The molecule has 10 rings (SSSR count). The summed E-state index contributed by atoms with van der Waals surface area (Å²) in [5, 5.41) is 21.9. The first kappa shape index (κ1) is 27.3. The van der Waals surface area contributed by atoms with Gasteiger partial charge in [-0.2, -0.15) is 0 Å². The minimum Gasteiger partial charge on any atom is -0.365 e. The number of nitrogens with zero attached hydrogens (tertiary/aromatic N) is 2. The van der Waals surface area contributed by atoms with Gasteiger partial charge in [0.05, 0.1) is 10.8 Å². The summed E-state index contributed by atoms with van der Waals surface area (Å²) in [6, 6.07) is 0. The molecule has 6 saturated heterocycles. The Kier molecular flexibility index (Phi) is 4.79. The fraction of sp³-hybridized carbons (Fsp3) is 0.938. The number of aliphatic hydroxyl groups is 2. The van der Waals surface area contributed by atoms with E-state index >= 15 is 0 Å². The van der Waals surface area contributed by atoms with E-state index in [1.165, 1.54) is 0 Å². The summed E-state index contributed by atoms with van der Waals surface area (Å²) >= 11 is 0. The molecular formula is C32H46N2O8. The number of Topliss-reactive ketones (excluding diaryl/α,β-unsaturated/α-hetero) is 2. The van der Waals surface area contributed by atoms with Gasteiger partial charge in [0.2, 0.25) is 0 Å². The average Bonchev–Trinajstić information content (AvgIpc) is 3.70. The highest BCUT2D eigenvalue weighted by molar-refractivity contribution is 5.92. The molecule has 4 saturated carbocycles. The van der Waals surface area contributed by atoms with Crippen molar-refractivity contribution < 1.29 is 38.7 Å². The third kappa shape index (κ3) is 2.41. The van der Waals surface area contributed by atoms with Gasteiger partial charge in [-0.1, -0.05) is 0 Å². The highest BCUT2D eigenvalue weighted by atomic mass is 16.8. The molecule has 0 amide bonds. The number of rotatable bonds is 0. The number of fused-ring (bicyclic) bond motifs is 2. The van der Waals surface area contributed by atoms with Gasteiger partial charge in [-0.3, -0.25) is 9.59 Å². The molecule has 4 aliphatic carbocycles. The van der Waals surface area contributed by atoms with Gasteiger partial charge in [0.1, 0.15) is 13.2 Å². The number of hydrogen-bond acceptors (Lipinski definition) is 10. The first-order valence-corrected chi connectivity index (χ1v) is 16.3. The molecule has 0 unspecified atom stereocenters. The van der Waals surface area contributed by atoms with Crippen LogP contribution in [0.5, 0.6) is 0 Å².